The molecule has 2 aromatic rings. The lowest BCUT2D eigenvalue weighted by Gasteiger charge is -2.28. The molecule has 1 atom stereocenters. The smallest absolute Gasteiger partial charge is 0.338 e. The summed E-state index contributed by atoms with van der Waals surface area (Å²) >= 11 is 0. The molecule has 0 spiro atoms. The standard InChI is InChI=1S/C20H21FN2O4/c1-14(27-20(25)15-2-4-16(21)5-3-15)19(24)22-17-6-8-18(9-7-17)23-10-12-26-13-11-23/h2-9,14H,10-13H2,1H3,(H,22,24). The van der Waals surface area contributed by atoms with Crippen LogP contribution in [0.4, 0.5) is 15.8 Å². The lowest BCUT2D eigenvalue weighted by atomic mass is 10.2. The third-order valence-corrected chi connectivity index (χ3v) is 4.24. The van der Waals surface area contributed by atoms with Crippen molar-refractivity contribution in [2.24, 2.45) is 0 Å². The first-order chi connectivity index (χ1) is 13.0. The number of amides is 1. The summed E-state index contributed by atoms with van der Waals surface area (Å²) in [6.07, 6.45) is -0.985. The first-order valence-electron chi connectivity index (χ1n) is 8.73. The van der Waals surface area contributed by atoms with E-state index in [0.29, 0.717) is 18.9 Å². The highest BCUT2D eigenvalue weighted by atomic mass is 19.1. The van der Waals surface area contributed by atoms with E-state index in [0.717, 1.165) is 30.9 Å². The van der Waals surface area contributed by atoms with Crippen LogP contribution in [0.2, 0.25) is 0 Å². The summed E-state index contributed by atoms with van der Waals surface area (Å²) in [5, 5.41) is 2.72. The molecule has 1 aliphatic rings. The first-order valence-corrected chi connectivity index (χ1v) is 8.73. The molecule has 6 nitrogen and oxygen atoms in total. The minimum atomic E-state index is -0.985. The van der Waals surface area contributed by atoms with Crippen LogP contribution >= 0.6 is 0 Å². The molecule has 0 saturated carbocycles. The highest BCUT2D eigenvalue weighted by Gasteiger charge is 2.19. The van der Waals surface area contributed by atoms with Crippen molar-refractivity contribution in [3.05, 3.63) is 59.9 Å². The Morgan fingerprint density at radius 3 is 2.33 bits per heavy atom. The molecule has 0 bridgehead atoms. The third-order valence-electron chi connectivity index (χ3n) is 4.24. The zero-order valence-electron chi connectivity index (χ0n) is 15.0. The predicted molar refractivity (Wildman–Crippen MR) is 99.4 cm³/mol. The van der Waals surface area contributed by atoms with Gasteiger partial charge in [-0.15, -0.1) is 0 Å². The number of anilines is 2. The fourth-order valence-electron chi connectivity index (χ4n) is 2.69. The van der Waals surface area contributed by atoms with Gasteiger partial charge in [-0.3, -0.25) is 4.79 Å². The van der Waals surface area contributed by atoms with Gasteiger partial charge in [-0.1, -0.05) is 0 Å². The van der Waals surface area contributed by atoms with Crippen molar-refractivity contribution in [2.75, 3.05) is 36.5 Å². The zero-order chi connectivity index (χ0) is 19.2. The molecule has 1 N–H and O–H groups in total. The van der Waals surface area contributed by atoms with Crippen LogP contribution in [-0.2, 0) is 14.3 Å². The topological polar surface area (TPSA) is 67.9 Å². The van der Waals surface area contributed by atoms with Crippen molar-refractivity contribution < 1.29 is 23.5 Å². The Morgan fingerprint density at radius 2 is 1.70 bits per heavy atom. The van der Waals surface area contributed by atoms with Crippen molar-refractivity contribution in [3.63, 3.8) is 0 Å². The summed E-state index contributed by atoms with van der Waals surface area (Å²) in [6.45, 7) is 4.56. The van der Waals surface area contributed by atoms with Gasteiger partial charge in [-0.25, -0.2) is 9.18 Å². The number of hydrogen-bond acceptors (Lipinski definition) is 5. The largest absolute Gasteiger partial charge is 0.449 e. The Morgan fingerprint density at radius 1 is 1.07 bits per heavy atom. The quantitative estimate of drug-likeness (QED) is 0.818. The van der Waals surface area contributed by atoms with Crippen LogP contribution < -0.4 is 10.2 Å². The molecule has 1 unspecified atom stereocenters. The van der Waals surface area contributed by atoms with Gasteiger partial charge in [0.25, 0.3) is 5.91 Å². The number of hydrogen-bond donors (Lipinski definition) is 1. The SMILES string of the molecule is CC(OC(=O)c1ccc(F)cc1)C(=O)Nc1ccc(N2CCOCC2)cc1. The van der Waals surface area contributed by atoms with Gasteiger partial charge >= 0.3 is 5.97 Å². The van der Waals surface area contributed by atoms with E-state index in [4.69, 9.17) is 9.47 Å². The van der Waals surface area contributed by atoms with Gasteiger partial charge in [-0.05, 0) is 55.5 Å². The van der Waals surface area contributed by atoms with Crippen LogP contribution in [0, 0.1) is 5.82 Å². The fraction of sp³-hybridized carbons (Fsp3) is 0.300. The van der Waals surface area contributed by atoms with E-state index in [9.17, 15) is 14.0 Å². The predicted octanol–water partition coefficient (Wildman–Crippen LogP) is 2.85. The van der Waals surface area contributed by atoms with Crippen LogP contribution in [0.25, 0.3) is 0 Å². The lowest BCUT2D eigenvalue weighted by Crippen LogP contribution is -2.36. The number of carbonyl (C=O) groups excluding carboxylic acids is 2. The van der Waals surface area contributed by atoms with Gasteiger partial charge < -0.3 is 19.7 Å². The molecule has 2 aromatic carbocycles. The molecular weight excluding hydrogens is 351 g/mol. The number of rotatable bonds is 5. The molecular formula is C20H21FN2O4. The second kappa shape index (κ2) is 8.64. The molecule has 1 saturated heterocycles. The van der Waals surface area contributed by atoms with E-state index in [1.165, 1.54) is 19.1 Å². The molecule has 7 heteroatoms. The highest BCUT2D eigenvalue weighted by molar-refractivity contribution is 5.97. The molecule has 1 amide bonds. The Balaban J connectivity index is 1.54. The second-order valence-electron chi connectivity index (χ2n) is 6.19. The summed E-state index contributed by atoms with van der Waals surface area (Å²) in [6, 6.07) is 12.4. The minimum absolute atomic E-state index is 0.186. The van der Waals surface area contributed by atoms with Gasteiger partial charge in [0.2, 0.25) is 0 Å². The van der Waals surface area contributed by atoms with Crippen molar-refractivity contribution in [2.45, 2.75) is 13.0 Å². The lowest BCUT2D eigenvalue weighted by molar-refractivity contribution is -0.123. The van der Waals surface area contributed by atoms with Gasteiger partial charge in [0.1, 0.15) is 5.82 Å². The van der Waals surface area contributed by atoms with Gasteiger partial charge in [-0.2, -0.15) is 0 Å². The van der Waals surface area contributed by atoms with Crippen LogP contribution in [-0.4, -0.2) is 44.3 Å². The first kappa shape index (κ1) is 18.8. The average Bonchev–Trinajstić information content (AvgIpc) is 2.69. The summed E-state index contributed by atoms with van der Waals surface area (Å²) in [5.41, 5.74) is 1.86. The number of esters is 1. The van der Waals surface area contributed by atoms with Crippen molar-refractivity contribution in [3.8, 4) is 0 Å². The number of morpholine rings is 1. The number of carbonyl (C=O) groups is 2. The highest BCUT2D eigenvalue weighted by Crippen LogP contribution is 2.19. The number of ether oxygens (including phenoxy) is 2. The van der Waals surface area contributed by atoms with E-state index < -0.39 is 23.8 Å². The summed E-state index contributed by atoms with van der Waals surface area (Å²) in [7, 11) is 0. The number of nitrogens with zero attached hydrogens (tertiary/aromatic N) is 1. The summed E-state index contributed by atoms with van der Waals surface area (Å²) in [4.78, 5) is 26.5. The van der Waals surface area contributed by atoms with Gasteiger partial charge in [0.05, 0.1) is 18.8 Å². The third kappa shape index (κ3) is 5.04. The fourth-order valence-corrected chi connectivity index (χ4v) is 2.69. The van der Waals surface area contributed by atoms with E-state index in [2.05, 4.69) is 10.2 Å². The molecule has 1 aliphatic heterocycles. The van der Waals surface area contributed by atoms with Crippen LogP contribution in [0.5, 0.6) is 0 Å². The Bertz CT molecular complexity index is 787. The van der Waals surface area contributed by atoms with E-state index in [1.807, 2.05) is 12.1 Å². The van der Waals surface area contributed by atoms with Crippen molar-refractivity contribution in [1.82, 2.24) is 0 Å². The molecule has 0 aliphatic carbocycles. The molecule has 142 valence electrons. The van der Waals surface area contributed by atoms with Gasteiger partial charge in [0, 0.05) is 24.5 Å². The normalized spacial score (nSPS) is 15.1. The second-order valence-corrected chi connectivity index (χ2v) is 6.19. The van der Waals surface area contributed by atoms with Crippen LogP contribution in [0.15, 0.2) is 48.5 Å². The number of halogens is 1. The van der Waals surface area contributed by atoms with E-state index in [1.54, 1.807) is 12.1 Å². The molecule has 3 rings (SSSR count). The average molecular weight is 372 g/mol. The zero-order valence-corrected chi connectivity index (χ0v) is 15.0. The molecule has 1 heterocycles. The van der Waals surface area contributed by atoms with E-state index >= 15 is 0 Å². The maximum atomic E-state index is 12.9. The molecule has 1 fully saturated rings. The van der Waals surface area contributed by atoms with Crippen molar-refractivity contribution in [1.29, 1.82) is 0 Å². The van der Waals surface area contributed by atoms with Crippen LogP contribution in [0.1, 0.15) is 17.3 Å². The minimum Gasteiger partial charge on any atom is -0.449 e. The van der Waals surface area contributed by atoms with Crippen LogP contribution in [0.3, 0.4) is 0 Å². The maximum absolute atomic E-state index is 12.9. The summed E-state index contributed by atoms with van der Waals surface area (Å²) < 4.78 is 23.4. The molecule has 0 radical (unpaired) electrons. The Labute approximate surface area is 156 Å². The molecule has 0 aromatic heterocycles. The maximum Gasteiger partial charge on any atom is 0.338 e. The summed E-state index contributed by atoms with van der Waals surface area (Å²) in [5.74, 6) is -1.57. The van der Waals surface area contributed by atoms with Crippen molar-refractivity contribution >= 4 is 23.3 Å². The number of nitrogens with one attached hydrogen (secondary N) is 1. The van der Waals surface area contributed by atoms with Gasteiger partial charge in [0.15, 0.2) is 6.10 Å². The number of benzene rings is 2. The Kier molecular flexibility index (Phi) is 6.03. The monoisotopic (exact) mass is 372 g/mol. The van der Waals surface area contributed by atoms with E-state index in [-0.39, 0.29) is 5.56 Å². The Hall–Kier alpha value is -2.93. The molecule has 27 heavy (non-hydrogen) atoms.